The first kappa shape index (κ1) is 25.3. The molecule has 0 spiro atoms. The minimum absolute atomic E-state index is 0.0855. The summed E-state index contributed by atoms with van der Waals surface area (Å²) in [6, 6.07) is 13.2. The molecule has 0 atom stereocenters. The first-order valence-electron chi connectivity index (χ1n) is 10.1. The Hall–Kier alpha value is -4.32. The Morgan fingerprint density at radius 1 is 1.06 bits per heavy atom. The smallest absolute Gasteiger partial charge is 0.338 e. The van der Waals surface area contributed by atoms with Crippen molar-refractivity contribution in [2.24, 2.45) is 0 Å². The van der Waals surface area contributed by atoms with E-state index in [0.29, 0.717) is 17.3 Å². The molecular weight excluding hydrogens is 481 g/mol. The van der Waals surface area contributed by atoms with Crippen molar-refractivity contribution in [3.63, 3.8) is 0 Å². The number of hydrogen-bond donors (Lipinski definition) is 2. The van der Waals surface area contributed by atoms with Crippen molar-refractivity contribution in [1.82, 2.24) is 0 Å². The van der Waals surface area contributed by atoms with Crippen LogP contribution >= 0.6 is 0 Å². The van der Waals surface area contributed by atoms with Gasteiger partial charge in [0.1, 0.15) is 11.5 Å². The van der Waals surface area contributed by atoms with Crippen LogP contribution in [0.5, 0.6) is 0 Å². The second-order valence-corrected chi connectivity index (χ2v) is 9.18. The molecule has 0 bridgehead atoms. The molecule has 3 aromatic carbocycles. The number of sulfonamides is 1. The lowest BCUT2D eigenvalue weighted by molar-refractivity contribution is -0.384. The Morgan fingerprint density at radius 2 is 1.80 bits per heavy atom. The Bertz CT molecular complexity index is 1420. The number of amides is 1. The summed E-state index contributed by atoms with van der Waals surface area (Å²) >= 11 is 0. The number of anilines is 2. The number of esters is 1. The largest absolute Gasteiger partial charge is 0.452 e. The van der Waals surface area contributed by atoms with Crippen LogP contribution in [0.3, 0.4) is 0 Å². The Balaban J connectivity index is 1.72. The Morgan fingerprint density at radius 3 is 2.49 bits per heavy atom. The van der Waals surface area contributed by atoms with Gasteiger partial charge in [0.2, 0.25) is 0 Å². The van der Waals surface area contributed by atoms with Gasteiger partial charge in [-0.1, -0.05) is 18.2 Å². The van der Waals surface area contributed by atoms with Gasteiger partial charge in [-0.25, -0.2) is 17.6 Å². The minimum atomic E-state index is -4.02. The highest BCUT2D eigenvalue weighted by Crippen LogP contribution is 2.25. The number of nitro benzene ring substituents is 1. The maximum Gasteiger partial charge on any atom is 0.338 e. The highest BCUT2D eigenvalue weighted by molar-refractivity contribution is 7.92. The van der Waals surface area contributed by atoms with E-state index in [4.69, 9.17) is 4.74 Å². The summed E-state index contributed by atoms with van der Waals surface area (Å²) in [6.45, 7) is 2.55. The number of halogens is 1. The molecule has 0 fully saturated rings. The van der Waals surface area contributed by atoms with Crippen LogP contribution in [0.1, 0.15) is 21.5 Å². The van der Waals surface area contributed by atoms with Crippen molar-refractivity contribution in [3.8, 4) is 0 Å². The molecular formula is C23H20FN3O7S. The van der Waals surface area contributed by atoms with Crippen molar-refractivity contribution in [2.75, 3.05) is 16.6 Å². The standard InChI is InChI=1S/C23H20FN3O7S/c1-14-4-3-5-17(10-14)26-35(32,33)18-8-6-15(2)19(12-18)23(29)34-13-22(28)25-20-9-7-16(24)11-21(20)27(30)31/h3-12,26H,13H2,1-2H3,(H,25,28). The fourth-order valence-electron chi connectivity index (χ4n) is 3.07. The van der Waals surface area contributed by atoms with Crippen LogP contribution in [0.4, 0.5) is 21.5 Å². The lowest BCUT2D eigenvalue weighted by Gasteiger charge is -2.12. The summed E-state index contributed by atoms with van der Waals surface area (Å²) in [4.78, 5) is 34.7. The third-order valence-corrected chi connectivity index (χ3v) is 6.15. The van der Waals surface area contributed by atoms with Gasteiger partial charge in [0.05, 0.1) is 21.4 Å². The van der Waals surface area contributed by atoms with Crippen molar-refractivity contribution >= 4 is 39.0 Å². The summed E-state index contributed by atoms with van der Waals surface area (Å²) in [5.41, 5.74) is 0.573. The molecule has 2 N–H and O–H groups in total. The highest BCUT2D eigenvalue weighted by Gasteiger charge is 2.21. The van der Waals surface area contributed by atoms with E-state index in [-0.39, 0.29) is 16.1 Å². The van der Waals surface area contributed by atoms with E-state index in [1.54, 1.807) is 25.1 Å². The normalized spacial score (nSPS) is 10.9. The molecule has 35 heavy (non-hydrogen) atoms. The van der Waals surface area contributed by atoms with Crippen molar-refractivity contribution < 1.29 is 32.1 Å². The summed E-state index contributed by atoms with van der Waals surface area (Å²) in [6.07, 6.45) is 0. The van der Waals surface area contributed by atoms with Crippen LogP contribution in [0.25, 0.3) is 0 Å². The molecule has 0 aliphatic rings. The van der Waals surface area contributed by atoms with Gasteiger partial charge in [-0.05, 0) is 61.4 Å². The number of aryl methyl sites for hydroxylation is 2. The summed E-state index contributed by atoms with van der Waals surface area (Å²) in [7, 11) is -4.02. The van der Waals surface area contributed by atoms with E-state index in [2.05, 4.69) is 10.0 Å². The zero-order valence-corrected chi connectivity index (χ0v) is 19.4. The van der Waals surface area contributed by atoms with E-state index < -0.39 is 44.9 Å². The second-order valence-electron chi connectivity index (χ2n) is 7.49. The van der Waals surface area contributed by atoms with E-state index in [0.717, 1.165) is 23.8 Å². The number of ether oxygens (including phenoxy) is 1. The average molecular weight is 501 g/mol. The van der Waals surface area contributed by atoms with E-state index >= 15 is 0 Å². The van der Waals surface area contributed by atoms with Crippen molar-refractivity contribution in [2.45, 2.75) is 18.7 Å². The molecule has 0 aliphatic carbocycles. The summed E-state index contributed by atoms with van der Waals surface area (Å²) in [5.74, 6) is -2.74. The number of nitro groups is 1. The third-order valence-electron chi connectivity index (χ3n) is 4.77. The maximum absolute atomic E-state index is 13.2. The van der Waals surface area contributed by atoms with Gasteiger partial charge >= 0.3 is 5.97 Å². The predicted molar refractivity (Wildman–Crippen MR) is 125 cm³/mol. The van der Waals surface area contributed by atoms with Crippen LogP contribution in [0.15, 0.2) is 65.6 Å². The number of hydrogen-bond acceptors (Lipinski definition) is 7. The van der Waals surface area contributed by atoms with E-state index in [1.165, 1.54) is 12.1 Å². The van der Waals surface area contributed by atoms with Gasteiger partial charge in [-0.2, -0.15) is 0 Å². The van der Waals surface area contributed by atoms with Crippen molar-refractivity contribution in [3.05, 3.63) is 93.3 Å². The lowest BCUT2D eigenvalue weighted by atomic mass is 10.1. The first-order chi connectivity index (χ1) is 16.5. The summed E-state index contributed by atoms with van der Waals surface area (Å²) < 4.78 is 46.2. The minimum Gasteiger partial charge on any atom is -0.452 e. The predicted octanol–water partition coefficient (Wildman–Crippen LogP) is 3.95. The fraction of sp³-hybridized carbons (Fsp3) is 0.130. The zero-order valence-electron chi connectivity index (χ0n) is 18.6. The molecule has 0 saturated carbocycles. The molecule has 3 rings (SSSR count). The van der Waals surface area contributed by atoms with Gasteiger partial charge in [0.25, 0.3) is 21.6 Å². The Labute approximate surface area is 199 Å². The number of carbonyl (C=O) groups excluding carboxylic acids is 2. The molecule has 182 valence electrons. The van der Waals surface area contributed by atoms with Gasteiger partial charge in [-0.15, -0.1) is 0 Å². The fourth-order valence-corrected chi connectivity index (χ4v) is 4.14. The van der Waals surface area contributed by atoms with Gasteiger partial charge < -0.3 is 10.1 Å². The molecule has 0 aromatic heterocycles. The second kappa shape index (κ2) is 10.3. The van der Waals surface area contributed by atoms with Gasteiger partial charge in [0.15, 0.2) is 6.61 Å². The lowest BCUT2D eigenvalue weighted by Crippen LogP contribution is -2.22. The molecule has 12 heteroatoms. The number of rotatable bonds is 8. The van der Waals surface area contributed by atoms with E-state index in [9.17, 15) is 32.5 Å². The number of nitrogens with one attached hydrogen (secondary N) is 2. The third kappa shape index (κ3) is 6.38. The number of nitrogens with zero attached hydrogens (tertiary/aromatic N) is 1. The van der Waals surface area contributed by atoms with Crippen LogP contribution in [0.2, 0.25) is 0 Å². The summed E-state index contributed by atoms with van der Waals surface area (Å²) in [5, 5.41) is 13.2. The first-order valence-corrected chi connectivity index (χ1v) is 11.6. The molecule has 0 aliphatic heterocycles. The number of benzene rings is 3. The topological polar surface area (TPSA) is 145 Å². The molecule has 0 radical (unpaired) electrons. The van der Waals surface area contributed by atoms with Crippen LogP contribution < -0.4 is 10.0 Å². The van der Waals surface area contributed by atoms with Crippen LogP contribution in [-0.2, 0) is 19.6 Å². The zero-order chi connectivity index (χ0) is 25.8. The molecule has 0 saturated heterocycles. The van der Waals surface area contributed by atoms with Crippen LogP contribution in [0, 0.1) is 29.8 Å². The monoisotopic (exact) mass is 501 g/mol. The van der Waals surface area contributed by atoms with Crippen molar-refractivity contribution in [1.29, 1.82) is 0 Å². The van der Waals surface area contributed by atoms with Crippen LogP contribution in [-0.4, -0.2) is 31.8 Å². The molecule has 10 nitrogen and oxygen atoms in total. The molecule has 3 aromatic rings. The van der Waals surface area contributed by atoms with Gasteiger partial charge in [0, 0.05) is 5.69 Å². The van der Waals surface area contributed by atoms with Gasteiger partial charge in [-0.3, -0.25) is 19.6 Å². The quantitative estimate of drug-likeness (QED) is 0.270. The van der Waals surface area contributed by atoms with E-state index in [1.807, 2.05) is 13.0 Å². The average Bonchev–Trinajstić information content (AvgIpc) is 2.78. The molecule has 0 heterocycles. The number of carbonyl (C=O) groups is 2. The SMILES string of the molecule is Cc1cccc(NS(=O)(=O)c2ccc(C)c(C(=O)OCC(=O)Nc3ccc(F)cc3[N+](=O)[O-])c2)c1. The molecule has 1 amide bonds. The highest BCUT2D eigenvalue weighted by atomic mass is 32.2. The Kier molecular flexibility index (Phi) is 7.45. The molecule has 0 unspecified atom stereocenters. The maximum atomic E-state index is 13.2.